The SMILES string of the molecule is CCOC(=O)c1cnc2c(nc(C)n2CCOC(C)=O)c1Cl. The summed E-state index contributed by atoms with van der Waals surface area (Å²) in [5.41, 5.74) is 1.14. The number of hydrogen-bond donors (Lipinski definition) is 0. The maximum absolute atomic E-state index is 11.8. The smallest absolute Gasteiger partial charge is 0.341 e. The van der Waals surface area contributed by atoms with Crippen LogP contribution in [-0.4, -0.2) is 39.7 Å². The Kier molecular flexibility index (Phi) is 4.97. The number of ether oxygens (including phenoxy) is 2. The molecule has 118 valence electrons. The molecular weight excluding hydrogens is 310 g/mol. The van der Waals surface area contributed by atoms with Gasteiger partial charge in [0.2, 0.25) is 0 Å². The van der Waals surface area contributed by atoms with Gasteiger partial charge in [-0.3, -0.25) is 4.79 Å². The number of fused-ring (bicyclic) bond motifs is 1. The van der Waals surface area contributed by atoms with Gasteiger partial charge in [-0.1, -0.05) is 11.6 Å². The van der Waals surface area contributed by atoms with Crippen molar-refractivity contribution in [3.63, 3.8) is 0 Å². The van der Waals surface area contributed by atoms with Crippen LogP contribution in [0.3, 0.4) is 0 Å². The van der Waals surface area contributed by atoms with Gasteiger partial charge in [0, 0.05) is 13.1 Å². The summed E-state index contributed by atoms with van der Waals surface area (Å²) in [7, 11) is 0. The number of hydrogen-bond acceptors (Lipinski definition) is 6. The van der Waals surface area contributed by atoms with Gasteiger partial charge < -0.3 is 14.0 Å². The van der Waals surface area contributed by atoms with Crippen LogP contribution < -0.4 is 0 Å². The number of carbonyl (C=O) groups excluding carboxylic acids is 2. The first-order chi connectivity index (χ1) is 10.5. The Balaban J connectivity index is 2.37. The van der Waals surface area contributed by atoms with Crippen molar-refractivity contribution in [3.05, 3.63) is 22.6 Å². The third kappa shape index (κ3) is 3.19. The maximum Gasteiger partial charge on any atom is 0.341 e. The van der Waals surface area contributed by atoms with Crippen LogP contribution in [0.4, 0.5) is 0 Å². The van der Waals surface area contributed by atoms with Crippen molar-refractivity contribution in [2.45, 2.75) is 27.3 Å². The highest BCUT2D eigenvalue weighted by Gasteiger charge is 2.19. The Labute approximate surface area is 132 Å². The Hall–Kier alpha value is -2.15. The largest absolute Gasteiger partial charge is 0.464 e. The van der Waals surface area contributed by atoms with Crippen LogP contribution in [0.5, 0.6) is 0 Å². The van der Waals surface area contributed by atoms with Gasteiger partial charge in [0.1, 0.15) is 17.9 Å². The molecule has 2 heterocycles. The van der Waals surface area contributed by atoms with E-state index >= 15 is 0 Å². The van der Waals surface area contributed by atoms with Crippen molar-refractivity contribution >= 4 is 34.7 Å². The molecule has 0 spiro atoms. The molecule has 2 aromatic heterocycles. The summed E-state index contributed by atoms with van der Waals surface area (Å²) < 4.78 is 11.6. The summed E-state index contributed by atoms with van der Waals surface area (Å²) in [6, 6.07) is 0. The minimum Gasteiger partial charge on any atom is -0.464 e. The van der Waals surface area contributed by atoms with Gasteiger partial charge in [0.05, 0.1) is 23.7 Å². The molecule has 0 fully saturated rings. The molecule has 2 aromatic rings. The number of carbonyl (C=O) groups is 2. The predicted molar refractivity (Wildman–Crippen MR) is 79.9 cm³/mol. The van der Waals surface area contributed by atoms with E-state index in [1.54, 1.807) is 18.4 Å². The lowest BCUT2D eigenvalue weighted by atomic mass is 10.2. The molecule has 0 atom stereocenters. The summed E-state index contributed by atoms with van der Waals surface area (Å²) in [4.78, 5) is 31.2. The number of aryl methyl sites for hydroxylation is 1. The molecule has 7 nitrogen and oxygen atoms in total. The Morgan fingerprint density at radius 2 is 2.09 bits per heavy atom. The third-order valence-corrected chi connectivity index (χ3v) is 3.39. The predicted octanol–water partition coefficient (Wildman–Crippen LogP) is 2.13. The lowest BCUT2D eigenvalue weighted by molar-refractivity contribution is -0.141. The van der Waals surface area contributed by atoms with Gasteiger partial charge in [-0.2, -0.15) is 0 Å². The number of imidazole rings is 1. The molecule has 0 aliphatic carbocycles. The zero-order valence-corrected chi connectivity index (χ0v) is 13.3. The zero-order chi connectivity index (χ0) is 16.3. The number of esters is 2. The molecule has 0 saturated heterocycles. The van der Waals surface area contributed by atoms with E-state index in [2.05, 4.69) is 9.97 Å². The number of pyridine rings is 1. The van der Waals surface area contributed by atoms with E-state index in [1.807, 2.05) is 0 Å². The van der Waals surface area contributed by atoms with Gasteiger partial charge in [-0.05, 0) is 13.8 Å². The average Bonchev–Trinajstić information content (AvgIpc) is 2.77. The highest BCUT2D eigenvalue weighted by Crippen LogP contribution is 2.26. The summed E-state index contributed by atoms with van der Waals surface area (Å²) in [6.45, 7) is 5.72. The van der Waals surface area contributed by atoms with E-state index in [0.717, 1.165) is 0 Å². The standard InChI is InChI=1S/C14H16ClN3O4/c1-4-21-14(20)10-7-16-13-12(11(10)15)17-8(2)18(13)5-6-22-9(3)19/h7H,4-6H2,1-3H3. The van der Waals surface area contributed by atoms with Gasteiger partial charge in [-0.15, -0.1) is 0 Å². The summed E-state index contributed by atoms with van der Waals surface area (Å²) >= 11 is 6.24. The maximum atomic E-state index is 11.8. The minimum absolute atomic E-state index is 0.181. The average molecular weight is 326 g/mol. The van der Waals surface area contributed by atoms with E-state index < -0.39 is 5.97 Å². The van der Waals surface area contributed by atoms with Crippen molar-refractivity contribution in [1.82, 2.24) is 14.5 Å². The van der Waals surface area contributed by atoms with Crippen LogP contribution in [0, 0.1) is 6.92 Å². The topological polar surface area (TPSA) is 83.3 Å². The first kappa shape index (κ1) is 16.2. The van der Waals surface area contributed by atoms with E-state index in [-0.39, 0.29) is 29.8 Å². The molecule has 0 aromatic carbocycles. The quantitative estimate of drug-likeness (QED) is 0.783. The molecule has 8 heteroatoms. The van der Waals surface area contributed by atoms with Crippen LogP contribution >= 0.6 is 11.6 Å². The summed E-state index contributed by atoms with van der Waals surface area (Å²) in [5.74, 6) is -0.218. The fraction of sp³-hybridized carbons (Fsp3) is 0.429. The second-order valence-corrected chi connectivity index (χ2v) is 4.91. The number of nitrogens with zero attached hydrogens (tertiary/aromatic N) is 3. The number of rotatable bonds is 5. The van der Waals surface area contributed by atoms with E-state index in [4.69, 9.17) is 21.1 Å². The second-order valence-electron chi connectivity index (χ2n) is 4.53. The van der Waals surface area contributed by atoms with Gasteiger partial charge in [0.15, 0.2) is 5.65 Å². The van der Waals surface area contributed by atoms with Crippen molar-refractivity contribution in [2.75, 3.05) is 13.2 Å². The third-order valence-electron chi connectivity index (χ3n) is 3.01. The molecule has 0 radical (unpaired) electrons. The first-order valence-electron chi connectivity index (χ1n) is 6.77. The van der Waals surface area contributed by atoms with Crippen LogP contribution in [-0.2, 0) is 20.8 Å². The zero-order valence-electron chi connectivity index (χ0n) is 12.6. The number of halogens is 1. The Bertz CT molecular complexity index is 726. The highest BCUT2D eigenvalue weighted by molar-refractivity contribution is 6.37. The lowest BCUT2D eigenvalue weighted by Gasteiger charge is -2.07. The normalized spacial score (nSPS) is 10.7. The van der Waals surface area contributed by atoms with Crippen molar-refractivity contribution in [1.29, 1.82) is 0 Å². The summed E-state index contributed by atoms with van der Waals surface area (Å²) in [5, 5.41) is 0.206. The molecule has 0 saturated carbocycles. The van der Waals surface area contributed by atoms with Crippen molar-refractivity contribution < 1.29 is 19.1 Å². The second kappa shape index (κ2) is 6.74. The highest BCUT2D eigenvalue weighted by atomic mass is 35.5. The lowest BCUT2D eigenvalue weighted by Crippen LogP contribution is -2.11. The fourth-order valence-corrected chi connectivity index (χ4v) is 2.29. The molecule has 22 heavy (non-hydrogen) atoms. The molecule has 2 rings (SSSR count). The molecule has 0 N–H and O–H groups in total. The Morgan fingerprint density at radius 3 is 2.73 bits per heavy atom. The van der Waals surface area contributed by atoms with Crippen LogP contribution in [0.1, 0.15) is 30.0 Å². The number of aromatic nitrogens is 3. The van der Waals surface area contributed by atoms with Crippen LogP contribution in [0.2, 0.25) is 5.02 Å². The van der Waals surface area contributed by atoms with Gasteiger partial charge >= 0.3 is 11.9 Å². The van der Waals surface area contributed by atoms with E-state index in [9.17, 15) is 9.59 Å². The fourth-order valence-electron chi connectivity index (χ4n) is 2.04. The minimum atomic E-state index is -0.533. The monoisotopic (exact) mass is 325 g/mol. The van der Waals surface area contributed by atoms with Gasteiger partial charge in [0.25, 0.3) is 0 Å². The first-order valence-corrected chi connectivity index (χ1v) is 7.15. The summed E-state index contributed by atoms with van der Waals surface area (Å²) in [6.07, 6.45) is 1.37. The molecular formula is C14H16ClN3O4. The molecule has 0 amide bonds. The Morgan fingerprint density at radius 1 is 1.36 bits per heavy atom. The van der Waals surface area contributed by atoms with E-state index in [1.165, 1.54) is 13.1 Å². The van der Waals surface area contributed by atoms with Crippen molar-refractivity contribution in [3.8, 4) is 0 Å². The van der Waals surface area contributed by atoms with Crippen molar-refractivity contribution in [2.24, 2.45) is 0 Å². The molecule has 0 unspecified atom stereocenters. The molecule has 0 aliphatic heterocycles. The van der Waals surface area contributed by atoms with Gasteiger partial charge in [-0.25, -0.2) is 14.8 Å². The van der Waals surface area contributed by atoms with Crippen LogP contribution in [0.15, 0.2) is 6.20 Å². The van der Waals surface area contributed by atoms with Crippen LogP contribution in [0.25, 0.3) is 11.2 Å². The molecule has 0 bridgehead atoms. The molecule has 0 aliphatic rings. The van der Waals surface area contributed by atoms with E-state index in [0.29, 0.717) is 23.5 Å².